The van der Waals surface area contributed by atoms with Crippen LogP contribution < -0.4 is 5.73 Å². The molecule has 1 aromatic carbocycles. The van der Waals surface area contributed by atoms with Gasteiger partial charge in [0.05, 0.1) is 12.8 Å². The fraction of sp³-hybridized carbons (Fsp3) is 0.231. The molecule has 1 heterocycles. The van der Waals surface area contributed by atoms with E-state index in [0.717, 1.165) is 28.0 Å². The van der Waals surface area contributed by atoms with Gasteiger partial charge in [0.25, 0.3) is 0 Å². The highest BCUT2D eigenvalue weighted by Gasteiger charge is 2.13. The first-order chi connectivity index (χ1) is 7.63. The average molecular weight is 219 g/mol. The van der Waals surface area contributed by atoms with Crippen LogP contribution in [0.5, 0.6) is 0 Å². The third-order valence-electron chi connectivity index (χ3n) is 2.70. The van der Waals surface area contributed by atoms with Crippen LogP contribution in [0.1, 0.15) is 16.9 Å². The Bertz CT molecular complexity index is 493. The summed E-state index contributed by atoms with van der Waals surface area (Å²) >= 11 is 0. The van der Waals surface area contributed by atoms with Crippen molar-refractivity contribution in [3.8, 4) is 11.1 Å². The molecule has 0 amide bonds. The normalized spacial score (nSPS) is 10.8. The number of furan rings is 1. The Morgan fingerprint density at radius 3 is 2.44 bits per heavy atom. The molecular formula is C13H14FNO. The topological polar surface area (TPSA) is 39.2 Å². The second-order valence-electron chi connectivity index (χ2n) is 3.88. The van der Waals surface area contributed by atoms with Crippen LogP contribution in [0.15, 0.2) is 28.9 Å². The van der Waals surface area contributed by atoms with Crippen molar-refractivity contribution in [1.82, 2.24) is 0 Å². The van der Waals surface area contributed by atoms with Crippen LogP contribution in [0, 0.1) is 19.7 Å². The first-order valence-corrected chi connectivity index (χ1v) is 5.17. The smallest absolute Gasteiger partial charge is 0.125 e. The molecule has 0 fully saturated rings. The van der Waals surface area contributed by atoms with Gasteiger partial charge in [0, 0.05) is 5.56 Å². The zero-order valence-electron chi connectivity index (χ0n) is 9.38. The molecular weight excluding hydrogens is 205 g/mol. The number of halogens is 1. The van der Waals surface area contributed by atoms with E-state index in [4.69, 9.17) is 10.2 Å². The molecule has 0 aliphatic heterocycles. The maximum atomic E-state index is 13.2. The summed E-state index contributed by atoms with van der Waals surface area (Å²) < 4.78 is 18.5. The number of aryl methyl sites for hydroxylation is 2. The molecule has 0 atom stereocenters. The molecule has 0 aliphatic carbocycles. The maximum absolute atomic E-state index is 13.2. The molecule has 0 aliphatic rings. The van der Waals surface area contributed by atoms with Gasteiger partial charge < -0.3 is 10.2 Å². The number of hydrogen-bond acceptors (Lipinski definition) is 2. The van der Waals surface area contributed by atoms with Crippen molar-refractivity contribution < 1.29 is 8.81 Å². The highest BCUT2D eigenvalue weighted by molar-refractivity contribution is 5.72. The molecule has 2 aromatic rings. The summed E-state index contributed by atoms with van der Waals surface area (Å²) in [6.45, 7) is 4.12. The molecule has 2 N–H and O–H groups in total. The van der Waals surface area contributed by atoms with Crippen molar-refractivity contribution in [2.24, 2.45) is 5.73 Å². The lowest BCUT2D eigenvalue weighted by Crippen LogP contribution is -1.98. The molecule has 0 saturated carbocycles. The summed E-state index contributed by atoms with van der Waals surface area (Å²) in [5.74, 6) is 0.523. The molecule has 3 heteroatoms. The van der Waals surface area contributed by atoms with Crippen LogP contribution in [-0.4, -0.2) is 0 Å². The van der Waals surface area contributed by atoms with Crippen molar-refractivity contribution in [3.05, 3.63) is 47.2 Å². The van der Waals surface area contributed by atoms with Crippen molar-refractivity contribution in [1.29, 1.82) is 0 Å². The molecule has 0 saturated heterocycles. The summed E-state index contributed by atoms with van der Waals surface area (Å²) in [7, 11) is 0. The molecule has 84 valence electrons. The zero-order chi connectivity index (χ0) is 11.7. The monoisotopic (exact) mass is 219 g/mol. The van der Waals surface area contributed by atoms with E-state index in [9.17, 15) is 4.39 Å². The summed E-state index contributed by atoms with van der Waals surface area (Å²) in [5, 5.41) is 0. The van der Waals surface area contributed by atoms with Gasteiger partial charge in [-0.05, 0) is 48.7 Å². The van der Waals surface area contributed by atoms with E-state index in [2.05, 4.69) is 0 Å². The predicted octanol–water partition coefficient (Wildman–Crippen LogP) is 3.16. The predicted molar refractivity (Wildman–Crippen MR) is 61.5 cm³/mol. The lowest BCUT2D eigenvalue weighted by Gasteiger charge is -2.09. The highest BCUT2D eigenvalue weighted by atomic mass is 19.1. The van der Waals surface area contributed by atoms with Crippen molar-refractivity contribution in [2.75, 3.05) is 0 Å². The van der Waals surface area contributed by atoms with Gasteiger partial charge in [-0.1, -0.05) is 0 Å². The van der Waals surface area contributed by atoms with Crippen LogP contribution in [0.2, 0.25) is 0 Å². The van der Waals surface area contributed by atoms with Crippen LogP contribution in [-0.2, 0) is 6.54 Å². The SMILES string of the molecule is Cc1cc(F)cc(C)c1-c1ccoc1CN. The quantitative estimate of drug-likeness (QED) is 0.842. The van der Waals surface area contributed by atoms with E-state index in [0.29, 0.717) is 6.54 Å². The van der Waals surface area contributed by atoms with E-state index in [1.165, 1.54) is 12.1 Å². The Morgan fingerprint density at radius 2 is 1.88 bits per heavy atom. The second-order valence-corrected chi connectivity index (χ2v) is 3.88. The summed E-state index contributed by atoms with van der Waals surface area (Å²) in [4.78, 5) is 0. The molecule has 0 unspecified atom stereocenters. The van der Waals surface area contributed by atoms with Crippen molar-refractivity contribution >= 4 is 0 Å². The van der Waals surface area contributed by atoms with Crippen LogP contribution >= 0.6 is 0 Å². The highest BCUT2D eigenvalue weighted by Crippen LogP contribution is 2.31. The van der Waals surface area contributed by atoms with Crippen molar-refractivity contribution in [2.45, 2.75) is 20.4 Å². The third-order valence-corrected chi connectivity index (χ3v) is 2.70. The van der Waals surface area contributed by atoms with Crippen molar-refractivity contribution in [3.63, 3.8) is 0 Å². The maximum Gasteiger partial charge on any atom is 0.125 e. The van der Waals surface area contributed by atoms with Crippen LogP contribution in [0.25, 0.3) is 11.1 Å². The molecule has 0 radical (unpaired) electrons. The lowest BCUT2D eigenvalue weighted by molar-refractivity contribution is 0.513. The Hall–Kier alpha value is -1.61. The van der Waals surface area contributed by atoms with Gasteiger partial charge in [-0.2, -0.15) is 0 Å². The fourth-order valence-electron chi connectivity index (χ4n) is 2.06. The van der Waals surface area contributed by atoms with Crippen LogP contribution in [0.4, 0.5) is 4.39 Å². The van der Waals surface area contributed by atoms with E-state index in [-0.39, 0.29) is 5.82 Å². The first-order valence-electron chi connectivity index (χ1n) is 5.17. The van der Waals surface area contributed by atoms with E-state index in [1.54, 1.807) is 6.26 Å². The molecule has 0 spiro atoms. The molecule has 2 rings (SSSR count). The number of hydrogen-bond donors (Lipinski definition) is 1. The molecule has 2 nitrogen and oxygen atoms in total. The zero-order valence-corrected chi connectivity index (χ0v) is 9.38. The summed E-state index contributed by atoms with van der Waals surface area (Å²) in [6.07, 6.45) is 1.61. The Kier molecular flexibility index (Phi) is 2.79. The Labute approximate surface area is 93.9 Å². The minimum atomic E-state index is -0.212. The minimum absolute atomic E-state index is 0.212. The summed E-state index contributed by atoms with van der Waals surface area (Å²) in [6, 6.07) is 4.92. The number of rotatable bonds is 2. The third kappa shape index (κ3) is 1.74. The molecule has 0 bridgehead atoms. The van der Waals surface area contributed by atoms with E-state index >= 15 is 0 Å². The standard InChI is InChI=1S/C13H14FNO/c1-8-5-10(14)6-9(2)13(8)11-3-4-16-12(11)7-15/h3-6H,7,15H2,1-2H3. The largest absolute Gasteiger partial charge is 0.467 e. The van der Waals surface area contributed by atoms with Gasteiger partial charge in [-0.25, -0.2) is 4.39 Å². The van der Waals surface area contributed by atoms with Gasteiger partial charge in [0.1, 0.15) is 11.6 Å². The Morgan fingerprint density at radius 1 is 1.25 bits per heavy atom. The van der Waals surface area contributed by atoms with Gasteiger partial charge in [0.2, 0.25) is 0 Å². The number of nitrogens with two attached hydrogens (primary N) is 1. The lowest BCUT2D eigenvalue weighted by atomic mass is 9.96. The first kappa shape index (κ1) is 10.9. The Balaban J connectivity index is 2.64. The van der Waals surface area contributed by atoms with Gasteiger partial charge in [-0.3, -0.25) is 0 Å². The van der Waals surface area contributed by atoms with Gasteiger partial charge in [-0.15, -0.1) is 0 Å². The van der Waals surface area contributed by atoms with E-state index < -0.39 is 0 Å². The molecule has 16 heavy (non-hydrogen) atoms. The second kappa shape index (κ2) is 4.10. The van der Waals surface area contributed by atoms with Crippen LogP contribution in [0.3, 0.4) is 0 Å². The fourth-order valence-corrected chi connectivity index (χ4v) is 2.06. The van der Waals surface area contributed by atoms with Gasteiger partial charge in [0.15, 0.2) is 0 Å². The van der Waals surface area contributed by atoms with Gasteiger partial charge >= 0.3 is 0 Å². The molecule has 1 aromatic heterocycles. The summed E-state index contributed by atoms with van der Waals surface area (Å²) in [5.41, 5.74) is 9.35. The average Bonchev–Trinajstić information content (AvgIpc) is 2.64. The minimum Gasteiger partial charge on any atom is -0.467 e. The van der Waals surface area contributed by atoms with E-state index in [1.807, 2.05) is 19.9 Å². The number of benzene rings is 1.